The van der Waals surface area contributed by atoms with Crippen molar-refractivity contribution in [3.63, 3.8) is 0 Å². The zero-order chi connectivity index (χ0) is 20.7. The van der Waals surface area contributed by atoms with Crippen LogP contribution in [0.3, 0.4) is 0 Å². The summed E-state index contributed by atoms with van der Waals surface area (Å²) in [4.78, 5) is 4.35. The van der Waals surface area contributed by atoms with Crippen LogP contribution in [0.15, 0.2) is 72.8 Å². The van der Waals surface area contributed by atoms with Crippen LogP contribution in [0.25, 0.3) is 0 Å². The highest BCUT2D eigenvalue weighted by molar-refractivity contribution is 5.51. The van der Waals surface area contributed by atoms with Crippen molar-refractivity contribution in [1.29, 1.82) is 0 Å². The smallest absolute Gasteiger partial charge is 0.196 e. The predicted molar refractivity (Wildman–Crippen MR) is 111 cm³/mol. The zero-order valence-electron chi connectivity index (χ0n) is 16.5. The van der Waals surface area contributed by atoms with Crippen LogP contribution in [0.4, 0.5) is 18.9 Å². The molecule has 1 saturated heterocycles. The van der Waals surface area contributed by atoms with Crippen molar-refractivity contribution >= 4 is 5.69 Å². The standard InChI is InChI=1S/C25H23F3N2/c26-21-11-12-22(24(28)23(21)27)29-15-19-20(16-29)25(19)30(13-17-7-3-1-4-8-17)14-18-9-5-2-6-10-18/h1-12,19-20,25H,13-16H2. The summed E-state index contributed by atoms with van der Waals surface area (Å²) in [5, 5.41) is 0. The lowest BCUT2D eigenvalue weighted by Crippen LogP contribution is -2.34. The lowest BCUT2D eigenvalue weighted by Gasteiger charge is -2.29. The molecule has 154 valence electrons. The summed E-state index contributed by atoms with van der Waals surface area (Å²) in [5.41, 5.74) is 2.70. The van der Waals surface area contributed by atoms with Crippen LogP contribution in [-0.2, 0) is 13.1 Å². The van der Waals surface area contributed by atoms with Crippen molar-refractivity contribution in [2.45, 2.75) is 19.1 Å². The molecule has 0 amide bonds. The lowest BCUT2D eigenvalue weighted by molar-refractivity contribution is 0.222. The molecule has 0 spiro atoms. The zero-order valence-corrected chi connectivity index (χ0v) is 16.5. The molecule has 0 bridgehead atoms. The first-order chi connectivity index (χ1) is 14.6. The van der Waals surface area contributed by atoms with E-state index in [2.05, 4.69) is 53.4 Å². The lowest BCUT2D eigenvalue weighted by atomic mass is 10.1. The van der Waals surface area contributed by atoms with Gasteiger partial charge in [0.15, 0.2) is 17.5 Å². The van der Waals surface area contributed by atoms with Crippen LogP contribution in [0, 0.1) is 29.3 Å². The molecule has 1 saturated carbocycles. The molecule has 5 rings (SSSR count). The van der Waals surface area contributed by atoms with Crippen molar-refractivity contribution in [1.82, 2.24) is 4.90 Å². The third-order valence-electron chi connectivity index (χ3n) is 6.38. The normalized spacial score (nSPS) is 22.4. The predicted octanol–water partition coefficient (Wildman–Crippen LogP) is 5.24. The number of anilines is 1. The molecule has 1 aliphatic heterocycles. The van der Waals surface area contributed by atoms with Crippen molar-refractivity contribution in [3.05, 3.63) is 101 Å². The molecule has 1 aliphatic carbocycles. The minimum absolute atomic E-state index is 0.164. The molecule has 1 heterocycles. The molecule has 5 heteroatoms. The molecule has 2 atom stereocenters. The fourth-order valence-electron chi connectivity index (χ4n) is 4.90. The quantitative estimate of drug-likeness (QED) is 0.515. The van der Waals surface area contributed by atoms with Gasteiger partial charge in [0.2, 0.25) is 0 Å². The Hall–Kier alpha value is -2.79. The van der Waals surface area contributed by atoms with Crippen molar-refractivity contribution in [2.75, 3.05) is 18.0 Å². The fraction of sp³-hybridized carbons (Fsp3) is 0.280. The van der Waals surface area contributed by atoms with Gasteiger partial charge in [0.05, 0.1) is 5.69 Å². The van der Waals surface area contributed by atoms with Crippen LogP contribution in [-0.4, -0.2) is 24.0 Å². The van der Waals surface area contributed by atoms with E-state index < -0.39 is 17.5 Å². The first-order valence-corrected chi connectivity index (χ1v) is 10.3. The van der Waals surface area contributed by atoms with Gasteiger partial charge in [0.1, 0.15) is 0 Å². The average Bonchev–Trinajstić information content (AvgIpc) is 3.26. The molecule has 30 heavy (non-hydrogen) atoms. The second kappa shape index (κ2) is 7.80. The van der Waals surface area contributed by atoms with Gasteiger partial charge < -0.3 is 4.90 Å². The Kier molecular flexibility index (Phi) is 4.99. The summed E-state index contributed by atoms with van der Waals surface area (Å²) in [7, 11) is 0. The van der Waals surface area contributed by atoms with Crippen molar-refractivity contribution in [3.8, 4) is 0 Å². The van der Waals surface area contributed by atoms with Gasteiger partial charge in [-0.05, 0) is 35.1 Å². The SMILES string of the molecule is Fc1ccc(N2CC3C(C2)C3N(Cc2ccccc2)Cc2ccccc2)c(F)c1F. The van der Waals surface area contributed by atoms with E-state index >= 15 is 0 Å². The summed E-state index contributed by atoms with van der Waals surface area (Å²) in [6.45, 7) is 3.04. The van der Waals surface area contributed by atoms with Gasteiger partial charge in [-0.25, -0.2) is 13.2 Å². The highest BCUT2D eigenvalue weighted by atomic mass is 19.2. The number of benzene rings is 3. The highest BCUT2D eigenvalue weighted by Crippen LogP contribution is 2.51. The van der Waals surface area contributed by atoms with E-state index in [1.165, 1.54) is 17.2 Å². The number of fused-ring (bicyclic) bond motifs is 1. The minimum Gasteiger partial charge on any atom is -0.368 e. The van der Waals surface area contributed by atoms with E-state index in [0.717, 1.165) is 19.2 Å². The van der Waals surface area contributed by atoms with Crippen LogP contribution < -0.4 is 4.90 Å². The number of hydrogen-bond donors (Lipinski definition) is 0. The summed E-state index contributed by atoms with van der Waals surface area (Å²) in [5.74, 6) is -2.80. The van der Waals surface area contributed by atoms with Crippen LogP contribution >= 0.6 is 0 Å². The van der Waals surface area contributed by atoms with Crippen molar-refractivity contribution in [2.24, 2.45) is 11.8 Å². The molecule has 0 N–H and O–H groups in total. The Labute approximate surface area is 174 Å². The molecular weight excluding hydrogens is 385 g/mol. The average molecular weight is 408 g/mol. The van der Waals surface area contributed by atoms with E-state index in [1.54, 1.807) is 0 Å². The Morgan fingerprint density at radius 1 is 0.700 bits per heavy atom. The number of nitrogens with zero attached hydrogens (tertiary/aromatic N) is 2. The van der Waals surface area contributed by atoms with Crippen LogP contribution in [0.1, 0.15) is 11.1 Å². The molecule has 2 unspecified atom stereocenters. The molecule has 2 aliphatic rings. The molecule has 3 aromatic carbocycles. The maximum atomic E-state index is 14.2. The van der Waals surface area contributed by atoms with Crippen LogP contribution in [0.5, 0.6) is 0 Å². The molecule has 3 aromatic rings. The monoisotopic (exact) mass is 408 g/mol. The van der Waals surface area contributed by atoms with E-state index in [9.17, 15) is 13.2 Å². The number of halogens is 3. The first kappa shape index (κ1) is 19.2. The second-order valence-electron chi connectivity index (χ2n) is 8.29. The van der Waals surface area contributed by atoms with Crippen LogP contribution in [0.2, 0.25) is 0 Å². The molecular formula is C25H23F3N2. The Balaban J connectivity index is 1.32. The number of rotatable bonds is 6. The first-order valence-electron chi connectivity index (χ1n) is 10.3. The van der Waals surface area contributed by atoms with Gasteiger partial charge in [-0.2, -0.15) is 0 Å². The fourth-order valence-corrected chi connectivity index (χ4v) is 4.90. The Morgan fingerprint density at radius 2 is 1.23 bits per heavy atom. The van der Waals surface area contributed by atoms with E-state index in [1.807, 2.05) is 17.0 Å². The van der Waals surface area contributed by atoms with Gasteiger partial charge in [-0.15, -0.1) is 0 Å². The molecule has 2 nitrogen and oxygen atoms in total. The van der Waals surface area contributed by atoms with E-state index in [0.29, 0.717) is 31.0 Å². The summed E-state index contributed by atoms with van der Waals surface area (Å²) in [6.07, 6.45) is 0. The van der Waals surface area contributed by atoms with Gasteiger partial charge >= 0.3 is 0 Å². The topological polar surface area (TPSA) is 6.48 Å². The highest BCUT2D eigenvalue weighted by Gasteiger charge is 2.58. The summed E-state index contributed by atoms with van der Waals surface area (Å²) in [6, 6.07) is 23.6. The Bertz CT molecular complexity index is 972. The van der Waals surface area contributed by atoms with Crippen molar-refractivity contribution < 1.29 is 13.2 Å². The number of hydrogen-bond acceptors (Lipinski definition) is 2. The maximum absolute atomic E-state index is 14.2. The largest absolute Gasteiger partial charge is 0.368 e. The summed E-state index contributed by atoms with van der Waals surface area (Å²) < 4.78 is 41.2. The molecule has 0 aromatic heterocycles. The third kappa shape index (κ3) is 3.58. The molecule has 2 fully saturated rings. The van der Waals surface area contributed by atoms with Gasteiger partial charge in [0.25, 0.3) is 0 Å². The third-order valence-corrected chi connectivity index (χ3v) is 6.38. The van der Waals surface area contributed by atoms with Gasteiger partial charge in [-0.1, -0.05) is 60.7 Å². The number of piperidine rings is 1. The van der Waals surface area contributed by atoms with Gasteiger partial charge in [0, 0.05) is 32.2 Å². The maximum Gasteiger partial charge on any atom is 0.196 e. The van der Waals surface area contributed by atoms with E-state index in [4.69, 9.17) is 0 Å². The summed E-state index contributed by atoms with van der Waals surface area (Å²) >= 11 is 0. The Morgan fingerprint density at radius 3 is 1.77 bits per heavy atom. The molecule has 0 radical (unpaired) electrons. The van der Waals surface area contributed by atoms with Gasteiger partial charge in [-0.3, -0.25) is 4.90 Å². The van der Waals surface area contributed by atoms with E-state index in [-0.39, 0.29) is 5.69 Å². The second-order valence-corrected chi connectivity index (χ2v) is 8.29. The minimum atomic E-state index is -1.39.